The van der Waals surface area contributed by atoms with Gasteiger partial charge in [0.05, 0.1) is 24.0 Å². The Labute approximate surface area is 209 Å². The van der Waals surface area contributed by atoms with Gasteiger partial charge in [0.25, 0.3) is 11.8 Å². The molecule has 1 saturated carbocycles. The van der Waals surface area contributed by atoms with Crippen molar-refractivity contribution in [3.05, 3.63) is 70.0 Å². The Balaban J connectivity index is 0.00000210. The maximum absolute atomic E-state index is 13.2. The molecule has 0 atom stereocenters. The van der Waals surface area contributed by atoms with Gasteiger partial charge in [-0.05, 0) is 56.4 Å². The van der Waals surface area contributed by atoms with Gasteiger partial charge in [-0.1, -0.05) is 43.5 Å². The van der Waals surface area contributed by atoms with Gasteiger partial charge in [-0.2, -0.15) is 0 Å². The summed E-state index contributed by atoms with van der Waals surface area (Å²) in [6, 6.07) is 6.81. The maximum Gasteiger partial charge on any atom is 0.254 e. The monoisotopic (exact) mass is 476 g/mol. The highest BCUT2D eigenvalue weighted by molar-refractivity contribution is 6.04. The normalized spacial score (nSPS) is 17.4. The van der Waals surface area contributed by atoms with Crippen LogP contribution in [-0.4, -0.2) is 49.2 Å². The van der Waals surface area contributed by atoms with Crippen molar-refractivity contribution in [1.29, 1.82) is 0 Å². The first-order chi connectivity index (χ1) is 16.8. The highest BCUT2D eigenvalue weighted by atomic mass is 16.5. The van der Waals surface area contributed by atoms with Crippen molar-refractivity contribution in [2.45, 2.75) is 57.9 Å². The molecule has 1 aliphatic carbocycles. The summed E-state index contributed by atoms with van der Waals surface area (Å²) in [5, 5.41) is 3.28. The lowest BCUT2D eigenvalue weighted by Gasteiger charge is -2.37. The number of aldehydes is 1. The average Bonchev–Trinajstić information content (AvgIpc) is 3.14. The van der Waals surface area contributed by atoms with E-state index in [1.165, 1.54) is 0 Å². The predicted octanol–water partition coefficient (Wildman–Crippen LogP) is 4.84. The number of rotatable bonds is 8. The summed E-state index contributed by atoms with van der Waals surface area (Å²) in [6.07, 6.45) is 18.4. The third-order valence-electron chi connectivity index (χ3n) is 6.77. The summed E-state index contributed by atoms with van der Waals surface area (Å²) < 4.78 is 5.20. The zero-order valence-corrected chi connectivity index (χ0v) is 21.2. The van der Waals surface area contributed by atoms with Crippen LogP contribution in [-0.2, 0) is 9.53 Å². The fourth-order valence-electron chi connectivity index (χ4n) is 4.86. The lowest BCUT2D eigenvalue weighted by atomic mass is 9.76. The van der Waals surface area contributed by atoms with Crippen molar-refractivity contribution in [1.82, 2.24) is 10.2 Å². The molecule has 0 radical (unpaired) electrons. The molecule has 1 aromatic carbocycles. The van der Waals surface area contributed by atoms with Gasteiger partial charge in [0.1, 0.15) is 0 Å². The molecule has 186 valence electrons. The van der Waals surface area contributed by atoms with Crippen LogP contribution in [0.2, 0.25) is 0 Å². The van der Waals surface area contributed by atoms with Crippen LogP contribution in [0.25, 0.3) is 0 Å². The lowest BCUT2D eigenvalue weighted by molar-refractivity contribution is -0.117. The van der Waals surface area contributed by atoms with Crippen LogP contribution in [0.4, 0.5) is 0 Å². The number of carbonyl (C=O) groups excluding carboxylic acids is 3. The van der Waals surface area contributed by atoms with Crippen LogP contribution >= 0.6 is 0 Å². The van der Waals surface area contributed by atoms with Gasteiger partial charge in [0.2, 0.25) is 0 Å². The zero-order valence-electron chi connectivity index (χ0n) is 21.2. The SMILES string of the molecule is C#C.CO/C(C)=C/C/C=C(\C)C1=C(CN(C)C(=O)c2ccccc2C=O)C2(CCCCC2)NC1=O. The van der Waals surface area contributed by atoms with Gasteiger partial charge < -0.3 is 15.0 Å². The van der Waals surface area contributed by atoms with E-state index in [9.17, 15) is 14.4 Å². The Morgan fingerprint density at radius 3 is 2.43 bits per heavy atom. The van der Waals surface area contributed by atoms with Crippen molar-refractivity contribution in [3.63, 3.8) is 0 Å². The number of allylic oxidation sites excluding steroid dienone is 3. The van der Waals surface area contributed by atoms with Crippen molar-refractivity contribution in [2.24, 2.45) is 0 Å². The third kappa shape index (κ3) is 6.30. The highest BCUT2D eigenvalue weighted by Gasteiger charge is 2.46. The Kier molecular flexibility index (Phi) is 10.1. The summed E-state index contributed by atoms with van der Waals surface area (Å²) >= 11 is 0. The van der Waals surface area contributed by atoms with E-state index in [0.29, 0.717) is 36.0 Å². The number of benzene rings is 1. The standard InChI is InChI=1S/C27H34N2O4.C2H2/c1-19(11-10-12-20(2)33-4)24-23(27(28-25(24)31)15-8-5-9-16-27)17-29(3)26(32)22-14-7-6-13-21(22)18-30;1-2/h6-7,11-14,18H,5,8-10,15-17H2,1-4H3,(H,28,31);1-2H/b19-11+,20-12+;. The predicted molar refractivity (Wildman–Crippen MR) is 139 cm³/mol. The maximum atomic E-state index is 13.2. The number of terminal acetylenes is 1. The number of hydrogen-bond acceptors (Lipinski definition) is 4. The molecule has 0 unspecified atom stereocenters. The Bertz CT molecular complexity index is 1060. The molecule has 1 fully saturated rings. The minimum absolute atomic E-state index is 0.0674. The summed E-state index contributed by atoms with van der Waals surface area (Å²) in [4.78, 5) is 39.5. The third-order valence-corrected chi connectivity index (χ3v) is 6.77. The van der Waals surface area contributed by atoms with Crippen LogP contribution in [0.5, 0.6) is 0 Å². The molecule has 35 heavy (non-hydrogen) atoms. The van der Waals surface area contributed by atoms with E-state index in [4.69, 9.17) is 4.74 Å². The molecule has 2 amide bonds. The second-order valence-corrected chi connectivity index (χ2v) is 8.96. The number of nitrogens with zero attached hydrogens (tertiary/aromatic N) is 1. The topological polar surface area (TPSA) is 75.7 Å². The number of nitrogens with one attached hydrogen (secondary N) is 1. The summed E-state index contributed by atoms with van der Waals surface area (Å²) in [7, 11) is 3.37. The molecule has 0 bridgehead atoms. The second-order valence-electron chi connectivity index (χ2n) is 8.96. The van der Waals surface area contributed by atoms with Crippen LogP contribution < -0.4 is 5.32 Å². The first-order valence-corrected chi connectivity index (χ1v) is 11.9. The van der Waals surface area contributed by atoms with Gasteiger partial charge in [-0.3, -0.25) is 14.4 Å². The first kappa shape index (κ1) is 27.7. The molecule has 6 nitrogen and oxygen atoms in total. The van der Waals surface area contributed by atoms with E-state index in [0.717, 1.165) is 49.0 Å². The number of carbonyl (C=O) groups is 3. The van der Waals surface area contributed by atoms with Crippen LogP contribution in [0.15, 0.2) is 58.9 Å². The van der Waals surface area contributed by atoms with Crippen molar-refractivity contribution < 1.29 is 19.1 Å². The summed E-state index contributed by atoms with van der Waals surface area (Å²) in [5.74, 6) is 0.532. The van der Waals surface area contributed by atoms with Crippen LogP contribution in [0.3, 0.4) is 0 Å². The molecular weight excluding hydrogens is 440 g/mol. The Hall–Kier alpha value is -3.59. The largest absolute Gasteiger partial charge is 0.502 e. The molecule has 1 spiro atoms. The van der Waals surface area contributed by atoms with Crippen molar-refractivity contribution >= 4 is 18.1 Å². The molecule has 1 aliphatic heterocycles. The molecule has 6 heteroatoms. The number of amides is 2. The Morgan fingerprint density at radius 1 is 1.14 bits per heavy atom. The average molecular weight is 477 g/mol. The van der Waals surface area contributed by atoms with Crippen LogP contribution in [0, 0.1) is 12.8 Å². The highest BCUT2D eigenvalue weighted by Crippen LogP contribution is 2.42. The minimum Gasteiger partial charge on any atom is -0.502 e. The lowest BCUT2D eigenvalue weighted by Crippen LogP contribution is -2.48. The van der Waals surface area contributed by atoms with E-state index in [1.54, 1.807) is 43.3 Å². The van der Waals surface area contributed by atoms with E-state index in [1.807, 2.05) is 26.0 Å². The molecular formula is C29H36N2O4. The molecule has 0 saturated heterocycles. The minimum atomic E-state index is -0.406. The van der Waals surface area contributed by atoms with Gasteiger partial charge in [-0.15, -0.1) is 12.8 Å². The zero-order chi connectivity index (χ0) is 26.0. The van der Waals surface area contributed by atoms with Crippen molar-refractivity contribution in [3.8, 4) is 12.8 Å². The van der Waals surface area contributed by atoms with Gasteiger partial charge in [0, 0.05) is 24.7 Å². The number of methoxy groups -OCH3 is 1. The second kappa shape index (κ2) is 12.8. The van der Waals surface area contributed by atoms with E-state index in [-0.39, 0.29) is 11.8 Å². The molecule has 3 rings (SSSR count). The fraction of sp³-hybridized carbons (Fsp3) is 0.414. The van der Waals surface area contributed by atoms with Crippen molar-refractivity contribution in [2.75, 3.05) is 20.7 Å². The molecule has 0 aromatic heterocycles. The van der Waals surface area contributed by atoms with Gasteiger partial charge in [0.15, 0.2) is 6.29 Å². The smallest absolute Gasteiger partial charge is 0.254 e. The van der Waals surface area contributed by atoms with E-state index >= 15 is 0 Å². The first-order valence-electron chi connectivity index (χ1n) is 11.9. The molecule has 1 N–H and O–H groups in total. The summed E-state index contributed by atoms with van der Waals surface area (Å²) in [5.41, 5.74) is 2.90. The molecule has 1 heterocycles. The Morgan fingerprint density at radius 2 is 1.80 bits per heavy atom. The van der Waals surface area contributed by atoms with E-state index < -0.39 is 5.54 Å². The number of ether oxygens (including phenoxy) is 1. The number of hydrogen-bond donors (Lipinski definition) is 1. The quantitative estimate of drug-likeness (QED) is 0.331. The van der Waals surface area contributed by atoms with Gasteiger partial charge in [-0.25, -0.2) is 0 Å². The molecule has 2 aliphatic rings. The summed E-state index contributed by atoms with van der Waals surface area (Å²) in [6.45, 7) is 4.18. The van der Waals surface area contributed by atoms with Crippen LogP contribution in [0.1, 0.15) is 73.1 Å². The fourth-order valence-corrected chi connectivity index (χ4v) is 4.86. The molecule has 1 aromatic rings. The van der Waals surface area contributed by atoms with Gasteiger partial charge >= 0.3 is 0 Å². The number of likely N-dealkylation sites (N-methyl/N-ethyl adjacent to an activating group) is 1. The van der Waals surface area contributed by atoms with E-state index in [2.05, 4.69) is 18.2 Å².